The van der Waals surface area contributed by atoms with Crippen LogP contribution in [-0.2, 0) is 19.1 Å². The van der Waals surface area contributed by atoms with Crippen LogP contribution in [-0.4, -0.2) is 24.6 Å². The first kappa shape index (κ1) is 22.9. The lowest BCUT2D eigenvalue weighted by Gasteiger charge is -2.16. The number of hydrogen-bond donors (Lipinski definition) is 0. The van der Waals surface area contributed by atoms with Gasteiger partial charge >= 0.3 is 11.9 Å². The maximum Gasteiger partial charge on any atom is 0.306 e. The van der Waals surface area contributed by atoms with Crippen molar-refractivity contribution in [3.05, 3.63) is 0 Å². The highest BCUT2D eigenvalue weighted by atomic mass is 16.5. The van der Waals surface area contributed by atoms with E-state index in [9.17, 15) is 9.59 Å². The van der Waals surface area contributed by atoms with Crippen molar-refractivity contribution in [2.24, 2.45) is 0 Å². The fraction of sp³-hybridized carbons (Fsp3) is 0.900. The Morgan fingerprint density at radius 1 is 0.708 bits per heavy atom. The van der Waals surface area contributed by atoms with Crippen molar-refractivity contribution in [1.29, 1.82) is 0 Å². The molecule has 0 unspecified atom stereocenters. The summed E-state index contributed by atoms with van der Waals surface area (Å²) >= 11 is 0. The van der Waals surface area contributed by atoms with Crippen LogP contribution in [0.5, 0.6) is 0 Å². The molecule has 0 radical (unpaired) electrons. The minimum absolute atomic E-state index is 0.0411. The van der Waals surface area contributed by atoms with Crippen LogP contribution in [0.1, 0.15) is 104 Å². The van der Waals surface area contributed by atoms with Gasteiger partial charge in [0.15, 0.2) is 0 Å². The van der Waals surface area contributed by atoms with Gasteiger partial charge in [-0.15, -0.1) is 0 Å². The van der Waals surface area contributed by atoms with Crippen molar-refractivity contribution in [3.63, 3.8) is 0 Å². The van der Waals surface area contributed by atoms with Crippen molar-refractivity contribution in [1.82, 2.24) is 0 Å². The van der Waals surface area contributed by atoms with E-state index in [0.717, 1.165) is 70.6 Å². The molecule has 0 amide bonds. The zero-order chi connectivity index (χ0) is 18.0. The molecule has 0 rings (SSSR count). The van der Waals surface area contributed by atoms with Crippen molar-refractivity contribution in [2.75, 3.05) is 6.61 Å². The van der Waals surface area contributed by atoms with Crippen LogP contribution >= 0.6 is 0 Å². The molecular weight excluding hydrogens is 304 g/mol. The molecule has 0 saturated heterocycles. The lowest BCUT2D eigenvalue weighted by molar-refractivity contribution is -0.150. The molecule has 142 valence electrons. The van der Waals surface area contributed by atoms with Crippen LogP contribution in [0.25, 0.3) is 0 Å². The quantitative estimate of drug-likeness (QED) is 0.272. The molecule has 0 atom stereocenters. The molecule has 0 saturated carbocycles. The van der Waals surface area contributed by atoms with Gasteiger partial charge in [-0.1, -0.05) is 59.3 Å². The Hall–Kier alpha value is -1.06. The first-order chi connectivity index (χ1) is 11.6. The second kappa shape index (κ2) is 16.8. The second-order valence-corrected chi connectivity index (χ2v) is 6.53. The molecule has 0 N–H and O–H groups in total. The first-order valence-corrected chi connectivity index (χ1v) is 9.99. The number of esters is 2. The highest BCUT2D eigenvalue weighted by molar-refractivity contribution is 5.69. The number of carbonyl (C=O) groups is 2. The second-order valence-electron chi connectivity index (χ2n) is 6.53. The Labute approximate surface area is 148 Å². The molecule has 0 aliphatic rings. The molecule has 0 aliphatic carbocycles. The molecule has 0 bridgehead atoms. The molecule has 24 heavy (non-hydrogen) atoms. The predicted molar refractivity (Wildman–Crippen MR) is 97.9 cm³/mol. The van der Waals surface area contributed by atoms with Gasteiger partial charge in [-0.2, -0.15) is 0 Å². The normalized spacial score (nSPS) is 10.8. The molecule has 4 heteroatoms. The van der Waals surface area contributed by atoms with E-state index in [2.05, 4.69) is 13.8 Å². The summed E-state index contributed by atoms with van der Waals surface area (Å²) in [5.41, 5.74) is 0. The average Bonchev–Trinajstić information content (AvgIpc) is 2.55. The highest BCUT2D eigenvalue weighted by Gasteiger charge is 2.12. The van der Waals surface area contributed by atoms with E-state index in [1.165, 1.54) is 0 Å². The van der Waals surface area contributed by atoms with Crippen LogP contribution in [0.2, 0.25) is 0 Å². The van der Waals surface area contributed by atoms with Crippen LogP contribution < -0.4 is 0 Å². The van der Waals surface area contributed by atoms with Crippen molar-refractivity contribution in [2.45, 2.75) is 110 Å². The van der Waals surface area contributed by atoms with Crippen molar-refractivity contribution in [3.8, 4) is 0 Å². The summed E-state index contributed by atoms with van der Waals surface area (Å²) in [5.74, 6) is -0.117. The highest BCUT2D eigenvalue weighted by Crippen LogP contribution is 2.13. The zero-order valence-electron chi connectivity index (χ0n) is 16.1. The molecule has 0 aromatic carbocycles. The van der Waals surface area contributed by atoms with Crippen molar-refractivity contribution >= 4 is 11.9 Å². The van der Waals surface area contributed by atoms with Gasteiger partial charge in [-0.25, -0.2) is 0 Å². The van der Waals surface area contributed by atoms with Crippen molar-refractivity contribution < 1.29 is 19.1 Å². The maximum atomic E-state index is 11.8. The van der Waals surface area contributed by atoms with E-state index in [0.29, 0.717) is 19.4 Å². The van der Waals surface area contributed by atoms with Crippen LogP contribution in [0.4, 0.5) is 0 Å². The molecule has 0 aliphatic heterocycles. The van der Waals surface area contributed by atoms with E-state index in [1.807, 2.05) is 6.92 Å². The van der Waals surface area contributed by atoms with E-state index in [4.69, 9.17) is 9.47 Å². The Bertz CT molecular complexity index is 309. The molecule has 0 aromatic heterocycles. The fourth-order valence-electron chi connectivity index (χ4n) is 2.68. The Morgan fingerprint density at radius 3 is 1.71 bits per heavy atom. The predicted octanol–water partition coefficient (Wildman–Crippen LogP) is 5.57. The minimum atomic E-state index is -0.0756. The van der Waals surface area contributed by atoms with Gasteiger partial charge in [-0.3, -0.25) is 9.59 Å². The standard InChI is InChI=1S/C20H38O4/c1-4-13-18(14-5-2)24-20(22)16-12-10-8-7-9-11-15-19(21)23-17-6-3/h18H,4-17H2,1-3H3. The lowest BCUT2D eigenvalue weighted by Crippen LogP contribution is -2.17. The number of hydrogen-bond acceptors (Lipinski definition) is 4. The SMILES string of the molecule is CCCOC(=O)CCCCCCCCC(=O)OC(CCC)CCC. The lowest BCUT2D eigenvalue weighted by atomic mass is 10.1. The summed E-state index contributed by atoms with van der Waals surface area (Å²) in [5, 5.41) is 0. The number of unbranched alkanes of at least 4 members (excludes halogenated alkanes) is 5. The number of carbonyl (C=O) groups excluding carboxylic acids is 2. The monoisotopic (exact) mass is 342 g/mol. The first-order valence-electron chi connectivity index (χ1n) is 9.99. The van der Waals surface area contributed by atoms with Gasteiger partial charge in [0.1, 0.15) is 6.10 Å². The third kappa shape index (κ3) is 14.5. The maximum absolute atomic E-state index is 11.8. The van der Waals surface area contributed by atoms with E-state index in [-0.39, 0.29) is 18.0 Å². The summed E-state index contributed by atoms with van der Waals surface area (Å²) in [6.45, 7) is 6.78. The Kier molecular flexibility index (Phi) is 16.0. The van der Waals surface area contributed by atoms with Crippen LogP contribution in [0.3, 0.4) is 0 Å². The van der Waals surface area contributed by atoms with Gasteiger partial charge in [0.2, 0.25) is 0 Å². The molecule has 0 spiro atoms. The third-order valence-corrected chi connectivity index (χ3v) is 4.00. The number of ether oxygens (including phenoxy) is 2. The van der Waals surface area contributed by atoms with Gasteiger partial charge in [0.25, 0.3) is 0 Å². The summed E-state index contributed by atoms with van der Waals surface area (Å²) in [4.78, 5) is 23.1. The molecular formula is C20H38O4. The molecule has 0 fully saturated rings. The Morgan fingerprint density at radius 2 is 1.21 bits per heavy atom. The number of rotatable bonds is 16. The summed E-state index contributed by atoms with van der Waals surface area (Å²) in [7, 11) is 0. The van der Waals surface area contributed by atoms with Crippen LogP contribution in [0.15, 0.2) is 0 Å². The molecule has 4 nitrogen and oxygen atoms in total. The van der Waals surface area contributed by atoms with Gasteiger partial charge in [0, 0.05) is 12.8 Å². The summed E-state index contributed by atoms with van der Waals surface area (Å²) in [6.07, 6.45) is 12.3. The Balaban J connectivity index is 3.48. The van der Waals surface area contributed by atoms with E-state index in [1.54, 1.807) is 0 Å². The third-order valence-electron chi connectivity index (χ3n) is 4.00. The summed E-state index contributed by atoms with van der Waals surface area (Å²) < 4.78 is 10.6. The van der Waals surface area contributed by atoms with Gasteiger partial charge in [-0.05, 0) is 32.1 Å². The average molecular weight is 343 g/mol. The van der Waals surface area contributed by atoms with Crippen LogP contribution in [0, 0.1) is 0 Å². The van der Waals surface area contributed by atoms with Gasteiger partial charge in [0.05, 0.1) is 6.61 Å². The molecule has 0 heterocycles. The topological polar surface area (TPSA) is 52.6 Å². The summed E-state index contributed by atoms with van der Waals surface area (Å²) in [6, 6.07) is 0. The van der Waals surface area contributed by atoms with E-state index < -0.39 is 0 Å². The zero-order valence-corrected chi connectivity index (χ0v) is 16.1. The fourth-order valence-corrected chi connectivity index (χ4v) is 2.68. The smallest absolute Gasteiger partial charge is 0.306 e. The largest absolute Gasteiger partial charge is 0.466 e. The van der Waals surface area contributed by atoms with Gasteiger partial charge < -0.3 is 9.47 Å². The minimum Gasteiger partial charge on any atom is -0.466 e. The van der Waals surface area contributed by atoms with E-state index >= 15 is 0 Å². The molecule has 0 aromatic rings.